The van der Waals surface area contributed by atoms with Gasteiger partial charge in [-0.2, -0.15) is 0 Å². The highest BCUT2D eigenvalue weighted by atomic mass is 32.2. The number of rotatable bonds is 6. The average Bonchev–Trinajstić information content (AvgIpc) is 2.77. The number of hydrogen-bond donors (Lipinski definition) is 1. The van der Waals surface area contributed by atoms with Gasteiger partial charge < -0.3 is 4.52 Å². The van der Waals surface area contributed by atoms with Gasteiger partial charge in [-0.05, 0) is 39.2 Å². The molecule has 0 amide bonds. The third kappa shape index (κ3) is 3.92. The molecule has 6 heteroatoms. The first-order valence-electron chi connectivity index (χ1n) is 6.88. The summed E-state index contributed by atoms with van der Waals surface area (Å²) < 4.78 is 31.9. The largest absolute Gasteiger partial charge is 0.360 e. The SMILES string of the molecule is Cc1ccc(CCCNS(=O)(=O)c2c(C)noc2C)cc1. The molecule has 114 valence electrons. The molecule has 0 saturated carbocycles. The third-order valence-corrected chi connectivity index (χ3v) is 5.00. The topological polar surface area (TPSA) is 72.2 Å². The van der Waals surface area contributed by atoms with E-state index in [0.717, 1.165) is 12.8 Å². The summed E-state index contributed by atoms with van der Waals surface area (Å²) in [5.41, 5.74) is 2.81. The smallest absolute Gasteiger partial charge is 0.245 e. The van der Waals surface area contributed by atoms with Gasteiger partial charge in [0.1, 0.15) is 10.6 Å². The molecule has 21 heavy (non-hydrogen) atoms. The number of sulfonamides is 1. The van der Waals surface area contributed by atoms with Crippen LogP contribution in [0, 0.1) is 20.8 Å². The molecule has 1 aromatic heterocycles. The van der Waals surface area contributed by atoms with E-state index in [2.05, 4.69) is 34.1 Å². The van der Waals surface area contributed by atoms with Crippen molar-refractivity contribution in [3.8, 4) is 0 Å². The molecular weight excluding hydrogens is 288 g/mol. The van der Waals surface area contributed by atoms with Crippen molar-refractivity contribution in [2.75, 3.05) is 6.54 Å². The van der Waals surface area contributed by atoms with Gasteiger partial charge in [0, 0.05) is 6.54 Å². The molecule has 0 saturated heterocycles. The Bertz CT molecular complexity index is 684. The lowest BCUT2D eigenvalue weighted by Crippen LogP contribution is -2.26. The highest BCUT2D eigenvalue weighted by Gasteiger charge is 2.23. The molecule has 0 fully saturated rings. The predicted molar refractivity (Wildman–Crippen MR) is 80.7 cm³/mol. The minimum atomic E-state index is -3.55. The molecule has 2 rings (SSSR count). The summed E-state index contributed by atoms with van der Waals surface area (Å²) in [4.78, 5) is 0.151. The summed E-state index contributed by atoms with van der Waals surface area (Å²) in [6, 6.07) is 8.25. The lowest BCUT2D eigenvalue weighted by molar-refractivity contribution is 0.390. The van der Waals surface area contributed by atoms with Crippen LogP contribution >= 0.6 is 0 Å². The van der Waals surface area contributed by atoms with Crippen LogP contribution in [0.4, 0.5) is 0 Å². The quantitative estimate of drug-likeness (QED) is 0.832. The van der Waals surface area contributed by atoms with Gasteiger partial charge in [0.25, 0.3) is 0 Å². The van der Waals surface area contributed by atoms with E-state index in [-0.39, 0.29) is 4.90 Å². The van der Waals surface area contributed by atoms with Crippen molar-refractivity contribution >= 4 is 10.0 Å². The third-order valence-electron chi connectivity index (χ3n) is 3.29. The van der Waals surface area contributed by atoms with E-state index in [0.29, 0.717) is 18.0 Å². The normalized spacial score (nSPS) is 11.8. The van der Waals surface area contributed by atoms with Gasteiger partial charge in [-0.25, -0.2) is 13.1 Å². The zero-order chi connectivity index (χ0) is 15.5. The van der Waals surface area contributed by atoms with Gasteiger partial charge in [0.15, 0.2) is 5.76 Å². The Balaban J connectivity index is 1.90. The Morgan fingerprint density at radius 1 is 1.14 bits per heavy atom. The molecule has 0 aliphatic carbocycles. The van der Waals surface area contributed by atoms with Crippen molar-refractivity contribution in [2.45, 2.75) is 38.5 Å². The van der Waals surface area contributed by atoms with Gasteiger partial charge in [-0.15, -0.1) is 0 Å². The second-order valence-electron chi connectivity index (χ2n) is 5.14. The molecule has 1 heterocycles. The summed E-state index contributed by atoms with van der Waals surface area (Å²) in [7, 11) is -3.55. The fourth-order valence-electron chi connectivity index (χ4n) is 2.18. The van der Waals surface area contributed by atoms with Crippen molar-refractivity contribution in [3.63, 3.8) is 0 Å². The summed E-state index contributed by atoms with van der Waals surface area (Å²) in [6.45, 7) is 5.65. The summed E-state index contributed by atoms with van der Waals surface area (Å²) in [5, 5.41) is 3.67. The molecule has 0 atom stereocenters. The molecule has 5 nitrogen and oxygen atoms in total. The number of aryl methyl sites for hydroxylation is 4. The fourth-order valence-corrected chi connectivity index (χ4v) is 3.58. The minimum absolute atomic E-state index is 0.151. The Hall–Kier alpha value is -1.66. The Kier molecular flexibility index (Phi) is 4.80. The number of hydrogen-bond acceptors (Lipinski definition) is 4. The summed E-state index contributed by atoms with van der Waals surface area (Å²) in [5.74, 6) is 0.318. The maximum Gasteiger partial charge on any atom is 0.245 e. The molecule has 2 aromatic rings. The average molecular weight is 308 g/mol. The van der Waals surface area contributed by atoms with E-state index in [9.17, 15) is 8.42 Å². The van der Waals surface area contributed by atoms with Crippen LogP contribution in [0.5, 0.6) is 0 Å². The van der Waals surface area contributed by atoms with Gasteiger partial charge >= 0.3 is 0 Å². The minimum Gasteiger partial charge on any atom is -0.360 e. The Morgan fingerprint density at radius 3 is 2.38 bits per heavy atom. The van der Waals surface area contributed by atoms with Gasteiger partial charge in [0.2, 0.25) is 10.0 Å². The summed E-state index contributed by atoms with van der Waals surface area (Å²) in [6.07, 6.45) is 1.58. The predicted octanol–water partition coefficient (Wildman–Crippen LogP) is 2.51. The number of nitrogens with zero attached hydrogens (tertiary/aromatic N) is 1. The standard InChI is InChI=1S/C15H20N2O3S/c1-11-6-8-14(9-7-11)5-4-10-16-21(18,19)15-12(2)17-20-13(15)3/h6-9,16H,4-5,10H2,1-3H3. The van der Waals surface area contributed by atoms with Crippen LogP contribution in [0.1, 0.15) is 29.0 Å². The van der Waals surface area contributed by atoms with Crippen molar-refractivity contribution in [3.05, 3.63) is 46.8 Å². The van der Waals surface area contributed by atoms with E-state index >= 15 is 0 Å². The molecule has 0 spiro atoms. The Labute approximate surface area is 125 Å². The summed E-state index contributed by atoms with van der Waals surface area (Å²) >= 11 is 0. The monoisotopic (exact) mass is 308 g/mol. The van der Waals surface area contributed by atoms with E-state index in [1.54, 1.807) is 13.8 Å². The second-order valence-corrected chi connectivity index (χ2v) is 6.84. The highest BCUT2D eigenvalue weighted by molar-refractivity contribution is 7.89. The first kappa shape index (κ1) is 15.7. The van der Waals surface area contributed by atoms with E-state index in [4.69, 9.17) is 4.52 Å². The number of benzene rings is 1. The number of nitrogens with one attached hydrogen (secondary N) is 1. The molecule has 0 unspecified atom stereocenters. The Morgan fingerprint density at radius 2 is 1.81 bits per heavy atom. The van der Waals surface area contributed by atoms with Crippen LogP contribution < -0.4 is 4.72 Å². The molecular formula is C15H20N2O3S. The zero-order valence-electron chi connectivity index (χ0n) is 12.5. The van der Waals surface area contributed by atoms with Crippen LogP contribution in [-0.4, -0.2) is 20.1 Å². The first-order valence-corrected chi connectivity index (χ1v) is 8.36. The molecule has 0 bridgehead atoms. The molecule has 1 aromatic carbocycles. The van der Waals surface area contributed by atoms with Gasteiger partial charge in [0.05, 0.1) is 0 Å². The lowest BCUT2D eigenvalue weighted by Gasteiger charge is -2.06. The van der Waals surface area contributed by atoms with Crippen LogP contribution in [0.3, 0.4) is 0 Å². The van der Waals surface area contributed by atoms with E-state index in [1.165, 1.54) is 11.1 Å². The van der Waals surface area contributed by atoms with Crippen LogP contribution in [-0.2, 0) is 16.4 Å². The number of aromatic nitrogens is 1. The maximum absolute atomic E-state index is 12.2. The van der Waals surface area contributed by atoms with Gasteiger partial charge in [-0.1, -0.05) is 35.0 Å². The van der Waals surface area contributed by atoms with Crippen molar-refractivity contribution in [2.24, 2.45) is 0 Å². The van der Waals surface area contributed by atoms with Crippen molar-refractivity contribution < 1.29 is 12.9 Å². The first-order chi connectivity index (χ1) is 9.90. The zero-order valence-corrected chi connectivity index (χ0v) is 13.3. The van der Waals surface area contributed by atoms with Crippen LogP contribution in [0.25, 0.3) is 0 Å². The lowest BCUT2D eigenvalue weighted by atomic mass is 10.1. The molecule has 0 radical (unpaired) electrons. The van der Waals surface area contributed by atoms with Crippen molar-refractivity contribution in [1.82, 2.24) is 9.88 Å². The molecule has 0 aliphatic heterocycles. The molecule has 0 aliphatic rings. The molecule has 1 N–H and O–H groups in total. The van der Waals surface area contributed by atoms with Gasteiger partial charge in [-0.3, -0.25) is 0 Å². The van der Waals surface area contributed by atoms with Crippen LogP contribution in [0.2, 0.25) is 0 Å². The highest BCUT2D eigenvalue weighted by Crippen LogP contribution is 2.18. The van der Waals surface area contributed by atoms with Crippen molar-refractivity contribution in [1.29, 1.82) is 0 Å². The van der Waals surface area contributed by atoms with Crippen LogP contribution in [0.15, 0.2) is 33.7 Å². The maximum atomic E-state index is 12.2. The van der Waals surface area contributed by atoms with E-state index < -0.39 is 10.0 Å². The van der Waals surface area contributed by atoms with E-state index in [1.807, 2.05) is 6.92 Å². The second kappa shape index (κ2) is 6.41. The fraction of sp³-hybridized carbons (Fsp3) is 0.400.